The third kappa shape index (κ3) is 3.96. The lowest BCUT2D eigenvalue weighted by molar-refractivity contribution is 0.106. The monoisotopic (exact) mass is 274 g/mol. The van der Waals surface area contributed by atoms with Crippen molar-refractivity contribution in [3.05, 3.63) is 0 Å². The summed E-state index contributed by atoms with van der Waals surface area (Å²) in [5, 5.41) is 14.9. The molecule has 1 rings (SSSR count). The smallest absolute Gasteiger partial charge is 0.404 e. The maximum atomic E-state index is 10.8. The van der Waals surface area contributed by atoms with E-state index in [1.165, 1.54) is 0 Å². The number of hydrogen-bond acceptors (Lipinski definition) is 3. The molecule has 1 fully saturated rings. The topological polar surface area (TPSA) is 70.6 Å². The zero-order valence-electron chi connectivity index (χ0n) is 12.0. The summed E-state index contributed by atoms with van der Waals surface area (Å²) >= 11 is 0. The van der Waals surface area contributed by atoms with Crippen molar-refractivity contribution in [2.75, 3.05) is 13.1 Å². The second kappa shape index (κ2) is 5.58. The number of amides is 1. The Labute approximate surface area is 110 Å². The second-order valence-electron chi connectivity index (χ2n) is 6.47. The molecule has 5 nitrogen and oxygen atoms in total. The Kier molecular flexibility index (Phi) is 4.80. The summed E-state index contributed by atoms with van der Waals surface area (Å²) in [6.07, 6.45) is -0.243. The number of piperidine rings is 1. The molecule has 0 aromatic heterocycles. The minimum Gasteiger partial charge on any atom is -0.465 e. The van der Waals surface area contributed by atoms with Gasteiger partial charge in [0.05, 0.1) is 12.1 Å². The van der Waals surface area contributed by atoms with Crippen molar-refractivity contribution in [3.63, 3.8) is 0 Å². The van der Waals surface area contributed by atoms with Gasteiger partial charge in [0.25, 0.3) is 0 Å². The van der Waals surface area contributed by atoms with E-state index in [4.69, 9.17) is 9.53 Å². The fourth-order valence-electron chi connectivity index (χ4n) is 1.83. The van der Waals surface area contributed by atoms with E-state index in [-0.39, 0.29) is 17.2 Å². The number of rotatable bonds is 3. The molecular formula is C12H26N2O3Si. The lowest BCUT2D eigenvalue weighted by Crippen LogP contribution is -2.58. The third-order valence-electron chi connectivity index (χ3n) is 3.99. The molecule has 18 heavy (non-hydrogen) atoms. The fourth-order valence-corrected chi connectivity index (χ4v) is 3.19. The molecule has 0 aromatic carbocycles. The van der Waals surface area contributed by atoms with Crippen LogP contribution < -0.4 is 10.6 Å². The first-order valence-corrected chi connectivity index (χ1v) is 9.42. The van der Waals surface area contributed by atoms with E-state index in [2.05, 4.69) is 44.5 Å². The molecule has 0 spiro atoms. The van der Waals surface area contributed by atoms with Crippen LogP contribution in [0.5, 0.6) is 0 Å². The van der Waals surface area contributed by atoms with Gasteiger partial charge < -0.3 is 20.2 Å². The third-order valence-corrected chi connectivity index (χ3v) is 8.49. The van der Waals surface area contributed by atoms with Crippen molar-refractivity contribution in [2.45, 2.75) is 57.5 Å². The van der Waals surface area contributed by atoms with Gasteiger partial charge in [0.15, 0.2) is 8.32 Å². The van der Waals surface area contributed by atoms with Gasteiger partial charge >= 0.3 is 6.09 Å². The molecule has 2 unspecified atom stereocenters. The first kappa shape index (κ1) is 15.5. The summed E-state index contributed by atoms with van der Waals surface area (Å²) in [4.78, 5) is 10.8. The lowest BCUT2D eigenvalue weighted by Gasteiger charge is -2.43. The summed E-state index contributed by atoms with van der Waals surface area (Å²) in [7, 11) is -1.86. The zero-order valence-corrected chi connectivity index (χ0v) is 13.0. The molecule has 1 aliphatic rings. The van der Waals surface area contributed by atoms with Crippen molar-refractivity contribution in [2.24, 2.45) is 0 Å². The van der Waals surface area contributed by atoms with Gasteiger partial charge in [-0.25, -0.2) is 4.79 Å². The Bertz CT molecular complexity index is 302. The normalized spacial score (nSPS) is 25.8. The Hall–Kier alpha value is -0.593. The minimum atomic E-state index is -1.86. The van der Waals surface area contributed by atoms with Gasteiger partial charge in [-0.2, -0.15) is 0 Å². The van der Waals surface area contributed by atoms with E-state index in [1.807, 2.05) is 0 Å². The Morgan fingerprint density at radius 3 is 2.56 bits per heavy atom. The zero-order chi connectivity index (χ0) is 14.0. The van der Waals surface area contributed by atoms with Gasteiger partial charge in [0.1, 0.15) is 0 Å². The van der Waals surface area contributed by atoms with Gasteiger partial charge in [0, 0.05) is 6.54 Å². The van der Waals surface area contributed by atoms with E-state index in [0.29, 0.717) is 0 Å². The van der Waals surface area contributed by atoms with Gasteiger partial charge in [-0.15, -0.1) is 0 Å². The van der Waals surface area contributed by atoms with Gasteiger partial charge in [0.2, 0.25) is 0 Å². The molecule has 0 bridgehead atoms. The van der Waals surface area contributed by atoms with Crippen molar-refractivity contribution >= 4 is 14.4 Å². The van der Waals surface area contributed by atoms with Crippen LogP contribution in [0.1, 0.15) is 27.2 Å². The predicted octanol–water partition coefficient (Wildman–Crippen LogP) is 2.01. The van der Waals surface area contributed by atoms with E-state index >= 15 is 0 Å². The van der Waals surface area contributed by atoms with E-state index in [0.717, 1.165) is 19.5 Å². The van der Waals surface area contributed by atoms with Gasteiger partial charge in [-0.05, 0) is 31.1 Å². The molecule has 0 aliphatic carbocycles. The Morgan fingerprint density at radius 1 is 1.44 bits per heavy atom. The molecule has 1 heterocycles. The Balaban J connectivity index is 2.70. The van der Waals surface area contributed by atoms with Crippen LogP contribution in [-0.2, 0) is 4.43 Å². The SMILES string of the molecule is CC(C)(C)[Si](C)(C)OC1CNCCC1NC(=O)O. The molecular weight excluding hydrogens is 248 g/mol. The maximum absolute atomic E-state index is 10.8. The highest BCUT2D eigenvalue weighted by Crippen LogP contribution is 2.37. The molecule has 1 aliphatic heterocycles. The molecule has 106 valence electrons. The first-order valence-electron chi connectivity index (χ1n) is 6.51. The molecule has 0 aromatic rings. The van der Waals surface area contributed by atoms with Crippen LogP contribution in [0.2, 0.25) is 18.1 Å². The minimum absolute atomic E-state index is 0.0595. The summed E-state index contributed by atoms with van der Waals surface area (Å²) in [5.74, 6) is 0. The van der Waals surface area contributed by atoms with Crippen LogP contribution in [0.3, 0.4) is 0 Å². The van der Waals surface area contributed by atoms with Crippen LogP contribution in [0, 0.1) is 0 Å². The lowest BCUT2D eigenvalue weighted by atomic mass is 10.0. The first-order chi connectivity index (χ1) is 8.13. The summed E-state index contributed by atoms with van der Waals surface area (Å²) in [6.45, 7) is 12.5. The Morgan fingerprint density at radius 2 is 2.06 bits per heavy atom. The van der Waals surface area contributed by atoms with E-state index in [1.54, 1.807) is 0 Å². The van der Waals surface area contributed by atoms with Gasteiger partial charge in [-0.3, -0.25) is 0 Å². The predicted molar refractivity (Wildman–Crippen MR) is 74.5 cm³/mol. The standard InChI is InChI=1S/C12H26N2O3Si/c1-12(2,3)18(4,5)17-10-8-13-7-6-9(10)14-11(15)16/h9-10,13-14H,6-8H2,1-5H3,(H,15,16). The number of nitrogens with one attached hydrogen (secondary N) is 2. The average molecular weight is 274 g/mol. The average Bonchev–Trinajstić information content (AvgIpc) is 2.18. The quantitative estimate of drug-likeness (QED) is 0.689. The van der Waals surface area contributed by atoms with E-state index in [9.17, 15) is 4.79 Å². The number of carboxylic acid groups (broad SMARTS) is 1. The summed E-state index contributed by atoms with van der Waals surface area (Å²) < 4.78 is 6.31. The number of carbonyl (C=O) groups is 1. The van der Waals surface area contributed by atoms with Gasteiger partial charge in [-0.1, -0.05) is 20.8 Å². The van der Waals surface area contributed by atoms with Crippen LogP contribution >= 0.6 is 0 Å². The molecule has 1 saturated heterocycles. The highest BCUT2D eigenvalue weighted by Gasteiger charge is 2.41. The molecule has 2 atom stereocenters. The highest BCUT2D eigenvalue weighted by atomic mass is 28.4. The summed E-state index contributed by atoms with van der Waals surface area (Å²) in [6, 6.07) is -0.0992. The second-order valence-corrected chi connectivity index (χ2v) is 11.2. The molecule has 0 saturated carbocycles. The molecule has 6 heteroatoms. The van der Waals surface area contributed by atoms with Crippen LogP contribution in [-0.4, -0.2) is 44.8 Å². The fraction of sp³-hybridized carbons (Fsp3) is 0.917. The van der Waals surface area contributed by atoms with Crippen molar-refractivity contribution in [1.82, 2.24) is 10.6 Å². The summed E-state index contributed by atoms with van der Waals surface area (Å²) in [5.41, 5.74) is 0. The van der Waals surface area contributed by atoms with Crippen molar-refractivity contribution < 1.29 is 14.3 Å². The number of hydrogen-bond donors (Lipinski definition) is 3. The van der Waals surface area contributed by atoms with Crippen molar-refractivity contribution in [1.29, 1.82) is 0 Å². The largest absolute Gasteiger partial charge is 0.465 e. The molecule has 0 radical (unpaired) electrons. The van der Waals surface area contributed by atoms with E-state index < -0.39 is 14.4 Å². The van der Waals surface area contributed by atoms with Crippen LogP contribution in [0.25, 0.3) is 0 Å². The van der Waals surface area contributed by atoms with Crippen LogP contribution in [0.15, 0.2) is 0 Å². The molecule has 3 N–H and O–H groups in total. The maximum Gasteiger partial charge on any atom is 0.404 e. The highest BCUT2D eigenvalue weighted by molar-refractivity contribution is 6.74. The van der Waals surface area contributed by atoms with Crippen molar-refractivity contribution in [3.8, 4) is 0 Å². The molecule has 1 amide bonds. The van der Waals surface area contributed by atoms with Crippen LogP contribution in [0.4, 0.5) is 4.79 Å².